The summed E-state index contributed by atoms with van der Waals surface area (Å²) in [6.07, 6.45) is 2.01. The summed E-state index contributed by atoms with van der Waals surface area (Å²) in [7, 11) is 0. The van der Waals surface area contributed by atoms with Gasteiger partial charge in [0.1, 0.15) is 0 Å². The first-order valence-corrected chi connectivity index (χ1v) is 6.46. The van der Waals surface area contributed by atoms with Crippen LogP contribution in [-0.4, -0.2) is 13.1 Å². The molecule has 0 aromatic heterocycles. The molecule has 0 aliphatic carbocycles. The number of hydrogen-bond donors (Lipinski definition) is 0. The van der Waals surface area contributed by atoms with Crippen LogP contribution < -0.4 is 4.90 Å². The van der Waals surface area contributed by atoms with Gasteiger partial charge in [0.15, 0.2) is 0 Å². The van der Waals surface area contributed by atoms with Gasteiger partial charge in [-0.2, -0.15) is 5.26 Å². The van der Waals surface area contributed by atoms with Crippen molar-refractivity contribution in [3.63, 3.8) is 0 Å². The van der Waals surface area contributed by atoms with E-state index in [-0.39, 0.29) is 5.92 Å². The first-order valence-electron chi connectivity index (χ1n) is 6.46. The van der Waals surface area contributed by atoms with E-state index in [4.69, 9.17) is 5.26 Å². The standard InChI is InChI=1S/C15H20N2/c1-12(2)14-5-3-4-6-15(14)17-9-7-13(11-16)8-10-17/h3-6,12-13H,7-10H2,1-2H3. The lowest BCUT2D eigenvalue weighted by Crippen LogP contribution is -2.33. The van der Waals surface area contributed by atoms with Crippen LogP contribution >= 0.6 is 0 Å². The van der Waals surface area contributed by atoms with Crippen molar-refractivity contribution in [2.45, 2.75) is 32.6 Å². The molecular formula is C15H20N2. The Balaban J connectivity index is 2.16. The van der Waals surface area contributed by atoms with Crippen molar-refractivity contribution in [1.29, 1.82) is 5.26 Å². The SMILES string of the molecule is CC(C)c1ccccc1N1CCC(C#N)CC1. The number of para-hydroxylation sites is 1. The largest absolute Gasteiger partial charge is 0.371 e. The number of rotatable bonds is 2. The third kappa shape index (κ3) is 2.61. The molecule has 0 N–H and O–H groups in total. The zero-order chi connectivity index (χ0) is 12.3. The van der Waals surface area contributed by atoms with Crippen LogP contribution in [0.1, 0.15) is 38.2 Å². The van der Waals surface area contributed by atoms with Gasteiger partial charge in [-0.15, -0.1) is 0 Å². The van der Waals surface area contributed by atoms with Gasteiger partial charge in [0.2, 0.25) is 0 Å². The smallest absolute Gasteiger partial charge is 0.0657 e. The molecule has 1 fully saturated rings. The quantitative estimate of drug-likeness (QED) is 0.774. The Morgan fingerprint density at radius 3 is 2.47 bits per heavy atom. The maximum atomic E-state index is 8.92. The molecule has 2 rings (SSSR count). The predicted octanol–water partition coefficient (Wildman–Crippen LogP) is 3.55. The van der Waals surface area contributed by atoms with Crippen molar-refractivity contribution in [3.8, 4) is 6.07 Å². The molecule has 0 atom stereocenters. The number of nitrogens with zero attached hydrogens (tertiary/aromatic N) is 2. The Morgan fingerprint density at radius 2 is 1.88 bits per heavy atom. The van der Waals surface area contributed by atoms with Crippen LogP contribution in [0.3, 0.4) is 0 Å². The van der Waals surface area contributed by atoms with Gasteiger partial charge in [-0.25, -0.2) is 0 Å². The van der Waals surface area contributed by atoms with Crippen LogP contribution in [0.5, 0.6) is 0 Å². The highest BCUT2D eigenvalue weighted by molar-refractivity contribution is 5.55. The van der Waals surface area contributed by atoms with Gasteiger partial charge in [-0.1, -0.05) is 32.0 Å². The Labute approximate surface area is 104 Å². The molecule has 2 nitrogen and oxygen atoms in total. The van der Waals surface area contributed by atoms with Crippen molar-refractivity contribution < 1.29 is 0 Å². The third-order valence-corrected chi connectivity index (χ3v) is 3.58. The Hall–Kier alpha value is -1.49. The molecule has 0 spiro atoms. The van der Waals surface area contributed by atoms with E-state index in [1.54, 1.807) is 0 Å². The molecule has 1 heterocycles. The molecule has 1 saturated heterocycles. The van der Waals surface area contributed by atoms with Crippen LogP contribution in [0.15, 0.2) is 24.3 Å². The second kappa shape index (κ2) is 5.23. The van der Waals surface area contributed by atoms with Gasteiger partial charge in [0, 0.05) is 24.7 Å². The molecule has 0 radical (unpaired) electrons. The molecule has 0 saturated carbocycles. The average molecular weight is 228 g/mol. The van der Waals surface area contributed by atoms with Crippen LogP contribution in [0, 0.1) is 17.2 Å². The van der Waals surface area contributed by atoms with Crippen molar-refractivity contribution >= 4 is 5.69 Å². The zero-order valence-electron chi connectivity index (χ0n) is 10.7. The van der Waals surface area contributed by atoms with Gasteiger partial charge in [-0.05, 0) is 30.4 Å². The van der Waals surface area contributed by atoms with Crippen molar-refractivity contribution in [3.05, 3.63) is 29.8 Å². The van der Waals surface area contributed by atoms with E-state index in [9.17, 15) is 0 Å². The molecular weight excluding hydrogens is 208 g/mol. The molecule has 1 aliphatic heterocycles. The number of benzene rings is 1. The summed E-state index contributed by atoms with van der Waals surface area (Å²) < 4.78 is 0. The van der Waals surface area contributed by atoms with Crippen molar-refractivity contribution in [2.24, 2.45) is 5.92 Å². The van der Waals surface area contributed by atoms with Crippen molar-refractivity contribution in [1.82, 2.24) is 0 Å². The third-order valence-electron chi connectivity index (χ3n) is 3.58. The Morgan fingerprint density at radius 1 is 1.24 bits per heavy atom. The molecule has 0 unspecified atom stereocenters. The summed E-state index contributed by atoms with van der Waals surface area (Å²) in [5, 5.41) is 8.92. The number of hydrogen-bond acceptors (Lipinski definition) is 2. The second-order valence-corrected chi connectivity index (χ2v) is 5.10. The first kappa shape index (κ1) is 12.0. The fourth-order valence-corrected chi connectivity index (χ4v) is 2.51. The van der Waals surface area contributed by atoms with E-state index in [1.807, 2.05) is 0 Å². The van der Waals surface area contributed by atoms with Crippen LogP contribution in [0.25, 0.3) is 0 Å². The molecule has 1 aliphatic rings. The highest BCUT2D eigenvalue weighted by atomic mass is 15.1. The summed E-state index contributed by atoms with van der Waals surface area (Å²) in [4.78, 5) is 2.43. The fourth-order valence-electron chi connectivity index (χ4n) is 2.51. The first-order chi connectivity index (χ1) is 8.22. The summed E-state index contributed by atoms with van der Waals surface area (Å²) >= 11 is 0. The van der Waals surface area contributed by atoms with Gasteiger partial charge in [0.05, 0.1) is 6.07 Å². The number of nitriles is 1. The molecule has 2 heteroatoms. The molecule has 90 valence electrons. The van der Waals surface area contributed by atoms with E-state index in [0.29, 0.717) is 5.92 Å². The maximum absolute atomic E-state index is 8.92. The Bertz CT molecular complexity index is 409. The molecule has 0 amide bonds. The summed E-state index contributed by atoms with van der Waals surface area (Å²) in [6.45, 7) is 6.51. The van der Waals surface area contributed by atoms with Gasteiger partial charge in [-0.3, -0.25) is 0 Å². The lowest BCUT2D eigenvalue weighted by molar-refractivity contribution is 0.486. The van der Waals surface area contributed by atoms with E-state index >= 15 is 0 Å². The minimum Gasteiger partial charge on any atom is -0.371 e. The van der Waals surface area contributed by atoms with Gasteiger partial charge >= 0.3 is 0 Å². The normalized spacial score (nSPS) is 17.2. The van der Waals surface area contributed by atoms with E-state index in [2.05, 4.69) is 49.1 Å². The van der Waals surface area contributed by atoms with Crippen molar-refractivity contribution in [2.75, 3.05) is 18.0 Å². The summed E-state index contributed by atoms with van der Waals surface area (Å²) in [5.41, 5.74) is 2.78. The lowest BCUT2D eigenvalue weighted by atomic mass is 9.95. The highest BCUT2D eigenvalue weighted by Crippen LogP contribution is 2.30. The van der Waals surface area contributed by atoms with Crippen LogP contribution in [-0.2, 0) is 0 Å². The molecule has 1 aromatic rings. The minimum atomic E-state index is 0.262. The molecule has 0 bridgehead atoms. The summed E-state index contributed by atoms with van der Waals surface area (Å²) in [6, 6.07) is 11.0. The fraction of sp³-hybridized carbons (Fsp3) is 0.533. The summed E-state index contributed by atoms with van der Waals surface area (Å²) in [5.74, 6) is 0.817. The number of piperidine rings is 1. The van der Waals surface area contributed by atoms with E-state index in [1.165, 1.54) is 11.3 Å². The zero-order valence-corrected chi connectivity index (χ0v) is 10.7. The topological polar surface area (TPSA) is 27.0 Å². The second-order valence-electron chi connectivity index (χ2n) is 5.10. The van der Waals surface area contributed by atoms with Crippen LogP contribution in [0.2, 0.25) is 0 Å². The Kier molecular flexibility index (Phi) is 3.68. The lowest BCUT2D eigenvalue weighted by Gasteiger charge is -2.33. The molecule has 1 aromatic carbocycles. The predicted molar refractivity (Wildman–Crippen MR) is 71.1 cm³/mol. The average Bonchev–Trinajstić information content (AvgIpc) is 2.39. The van der Waals surface area contributed by atoms with Gasteiger partial charge < -0.3 is 4.90 Å². The minimum absolute atomic E-state index is 0.262. The van der Waals surface area contributed by atoms with E-state index < -0.39 is 0 Å². The van der Waals surface area contributed by atoms with Gasteiger partial charge in [0.25, 0.3) is 0 Å². The number of anilines is 1. The van der Waals surface area contributed by atoms with Crippen LogP contribution in [0.4, 0.5) is 5.69 Å². The highest BCUT2D eigenvalue weighted by Gasteiger charge is 2.20. The monoisotopic (exact) mass is 228 g/mol. The molecule has 17 heavy (non-hydrogen) atoms. The van der Waals surface area contributed by atoms with E-state index in [0.717, 1.165) is 25.9 Å². The maximum Gasteiger partial charge on any atom is 0.0657 e.